The van der Waals surface area contributed by atoms with E-state index < -0.39 is 29.2 Å². The van der Waals surface area contributed by atoms with Gasteiger partial charge >= 0.3 is 17.9 Å². The van der Waals surface area contributed by atoms with E-state index in [1.54, 1.807) is 0 Å². The van der Waals surface area contributed by atoms with Crippen molar-refractivity contribution in [2.45, 2.75) is 0 Å². The van der Waals surface area contributed by atoms with Crippen LogP contribution in [0.15, 0.2) is 0 Å². The lowest BCUT2D eigenvalue weighted by molar-refractivity contribution is -0.206. The van der Waals surface area contributed by atoms with Gasteiger partial charge in [-0.15, -0.1) is 0 Å². The number of hydrogen-bond acceptors (Lipinski definition) is 6. The lowest BCUT2D eigenvalue weighted by Crippen LogP contribution is -2.59. The van der Waals surface area contributed by atoms with E-state index in [1.807, 2.05) is 0 Å². The fourth-order valence-corrected chi connectivity index (χ4v) is 1.52. The molecule has 0 aromatic heterocycles. The zero-order valence-corrected chi connectivity index (χ0v) is 8.89. The van der Waals surface area contributed by atoms with Gasteiger partial charge in [0, 0.05) is 0 Å². The fourth-order valence-electron chi connectivity index (χ4n) is 1.52. The van der Waals surface area contributed by atoms with Crippen molar-refractivity contribution in [2.24, 2.45) is 11.3 Å². The Hall–Kier alpha value is -1.63. The topological polar surface area (TPSA) is 99.1 Å². The van der Waals surface area contributed by atoms with Crippen LogP contribution in [-0.2, 0) is 28.6 Å². The highest BCUT2D eigenvalue weighted by Gasteiger charge is 2.59. The molecule has 1 aliphatic rings. The van der Waals surface area contributed by atoms with Crippen LogP contribution in [0.3, 0.4) is 0 Å². The van der Waals surface area contributed by atoms with Crippen LogP contribution in [0, 0.1) is 11.3 Å². The molecule has 0 aromatic rings. The van der Waals surface area contributed by atoms with E-state index in [0.29, 0.717) is 0 Å². The molecule has 0 radical (unpaired) electrons. The smallest absolute Gasteiger partial charge is 0.321 e. The third-order valence-corrected chi connectivity index (χ3v) is 2.57. The number of carbonyl (C=O) groups excluding carboxylic acids is 2. The van der Waals surface area contributed by atoms with Gasteiger partial charge in [-0.1, -0.05) is 0 Å². The Morgan fingerprint density at radius 2 is 1.62 bits per heavy atom. The van der Waals surface area contributed by atoms with E-state index >= 15 is 0 Å². The molecule has 1 fully saturated rings. The number of methoxy groups -OCH3 is 2. The number of rotatable bonds is 4. The molecule has 0 saturated carbocycles. The average Bonchev–Trinajstić information content (AvgIpc) is 2.20. The van der Waals surface area contributed by atoms with Crippen molar-refractivity contribution < 1.29 is 33.7 Å². The first-order valence-corrected chi connectivity index (χ1v) is 4.46. The highest BCUT2D eigenvalue weighted by atomic mass is 16.5. The minimum Gasteiger partial charge on any atom is -0.481 e. The van der Waals surface area contributed by atoms with Crippen molar-refractivity contribution in [1.29, 1.82) is 0 Å². The van der Waals surface area contributed by atoms with Crippen LogP contribution in [-0.4, -0.2) is 50.4 Å². The number of esters is 2. The van der Waals surface area contributed by atoms with Gasteiger partial charge in [0.15, 0.2) is 5.92 Å². The summed E-state index contributed by atoms with van der Waals surface area (Å²) >= 11 is 0. The van der Waals surface area contributed by atoms with Crippen LogP contribution in [0.1, 0.15) is 0 Å². The fraction of sp³-hybridized carbons (Fsp3) is 0.667. The van der Waals surface area contributed by atoms with Crippen molar-refractivity contribution in [3.8, 4) is 0 Å². The van der Waals surface area contributed by atoms with Gasteiger partial charge in [-0.25, -0.2) is 0 Å². The number of ether oxygens (including phenoxy) is 3. The zero-order chi connectivity index (χ0) is 12.3. The maximum absolute atomic E-state index is 11.4. The molecule has 1 saturated heterocycles. The normalized spacial score (nSPS) is 17.4. The Morgan fingerprint density at radius 3 is 1.81 bits per heavy atom. The summed E-state index contributed by atoms with van der Waals surface area (Å²) in [5.41, 5.74) is -1.57. The van der Waals surface area contributed by atoms with Crippen LogP contribution >= 0.6 is 0 Å². The van der Waals surface area contributed by atoms with Crippen molar-refractivity contribution in [3.05, 3.63) is 0 Å². The van der Waals surface area contributed by atoms with Crippen LogP contribution < -0.4 is 0 Å². The molecule has 90 valence electrons. The van der Waals surface area contributed by atoms with Crippen molar-refractivity contribution in [3.63, 3.8) is 0 Å². The Labute approximate surface area is 91.3 Å². The van der Waals surface area contributed by atoms with Gasteiger partial charge in [0.05, 0.1) is 27.4 Å². The summed E-state index contributed by atoms with van der Waals surface area (Å²) in [4.78, 5) is 33.9. The Bertz CT molecular complexity index is 302. The van der Waals surface area contributed by atoms with Gasteiger partial charge in [-0.3, -0.25) is 14.4 Å². The minimum atomic E-state index is -1.57. The second kappa shape index (κ2) is 4.48. The standard InChI is InChI=1S/C9H12O7/c1-14-6(10)5(7(11)15-2)9(8(12)13)3-16-4-9/h5H,3-4H2,1-2H3,(H,12,13). The van der Waals surface area contributed by atoms with Crippen molar-refractivity contribution >= 4 is 17.9 Å². The summed E-state index contributed by atoms with van der Waals surface area (Å²) in [6.07, 6.45) is 0. The predicted molar refractivity (Wildman–Crippen MR) is 48.4 cm³/mol. The molecule has 0 amide bonds. The van der Waals surface area contributed by atoms with Gasteiger partial charge in [0.2, 0.25) is 0 Å². The van der Waals surface area contributed by atoms with E-state index in [4.69, 9.17) is 9.84 Å². The molecule has 1 N–H and O–H groups in total. The molecule has 0 unspecified atom stereocenters. The minimum absolute atomic E-state index is 0.211. The summed E-state index contributed by atoms with van der Waals surface area (Å²) < 4.78 is 13.6. The van der Waals surface area contributed by atoms with Crippen molar-refractivity contribution in [2.75, 3.05) is 27.4 Å². The number of carboxylic acids is 1. The molecule has 0 aromatic carbocycles. The molecule has 1 heterocycles. The first kappa shape index (κ1) is 12.4. The molecule has 7 heteroatoms. The van der Waals surface area contributed by atoms with Gasteiger partial charge in [-0.2, -0.15) is 0 Å². The largest absolute Gasteiger partial charge is 0.481 e. The maximum Gasteiger partial charge on any atom is 0.321 e. The summed E-state index contributed by atoms with van der Waals surface area (Å²) in [7, 11) is 2.15. The highest BCUT2D eigenvalue weighted by Crippen LogP contribution is 2.37. The lowest BCUT2D eigenvalue weighted by atomic mass is 9.73. The van der Waals surface area contributed by atoms with Gasteiger partial charge < -0.3 is 19.3 Å². The zero-order valence-electron chi connectivity index (χ0n) is 8.89. The van der Waals surface area contributed by atoms with Gasteiger partial charge in [0.1, 0.15) is 5.41 Å². The molecule has 1 aliphatic heterocycles. The number of aliphatic carboxylic acids is 1. The molecule has 0 aliphatic carbocycles. The number of carbonyl (C=O) groups is 3. The second-order valence-corrected chi connectivity index (χ2v) is 3.43. The Balaban J connectivity index is 3.04. The number of carboxylic acid groups (broad SMARTS) is 1. The summed E-state index contributed by atoms with van der Waals surface area (Å²) in [5, 5.41) is 9.05. The van der Waals surface area contributed by atoms with E-state index in [9.17, 15) is 14.4 Å². The first-order valence-electron chi connectivity index (χ1n) is 4.46. The Kier molecular flexibility index (Phi) is 3.48. The molecular weight excluding hydrogens is 220 g/mol. The van der Waals surface area contributed by atoms with Crippen LogP contribution in [0.25, 0.3) is 0 Å². The molecule has 7 nitrogen and oxygen atoms in total. The SMILES string of the molecule is COC(=O)C(C(=O)OC)C1(C(=O)O)COC1. The summed E-state index contributed by atoms with van der Waals surface area (Å²) in [6.45, 7) is -0.422. The lowest BCUT2D eigenvalue weighted by Gasteiger charge is -2.40. The first-order chi connectivity index (χ1) is 7.49. The van der Waals surface area contributed by atoms with Gasteiger partial charge in [0.25, 0.3) is 0 Å². The van der Waals surface area contributed by atoms with Crippen LogP contribution in [0.2, 0.25) is 0 Å². The quantitative estimate of drug-likeness (QED) is 0.492. The van der Waals surface area contributed by atoms with Crippen LogP contribution in [0.4, 0.5) is 0 Å². The second-order valence-electron chi connectivity index (χ2n) is 3.43. The van der Waals surface area contributed by atoms with Gasteiger partial charge in [-0.05, 0) is 0 Å². The average molecular weight is 232 g/mol. The molecule has 0 spiro atoms. The highest BCUT2D eigenvalue weighted by molar-refractivity contribution is 6.01. The molecule has 0 bridgehead atoms. The Morgan fingerprint density at radius 1 is 1.19 bits per heavy atom. The monoisotopic (exact) mass is 232 g/mol. The van der Waals surface area contributed by atoms with Crippen LogP contribution in [0.5, 0.6) is 0 Å². The molecule has 0 atom stereocenters. The number of hydrogen-bond donors (Lipinski definition) is 1. The maximum atomic E-state index is 11.4. The molecule has 1 rings (SSSR count). The molecule has 16 heavy (non-hydrogen) atoms. The van der Waals surface area contributed by atoms with E-state index in [0.717, 1.165) is 14.2 Å². The van der Waals surface area contributed by atoms with Crippen molar-refractivity contribution in [1.82, 2.24) is 0 Å². The van der Waals surface area contributed by atoms with E-state index in [2.05, 4.69) is 9.47 Å². The third-order valence-electron chi connectivity index (χ3n) is 2.57. The molecular formula is C9H12O7. The van der Waals surface area contributed by atoms with E-state index in [-0.39, 0.29) is 13.2 Å². The summed E-state index contributed by atoms with van der Waals surface area (Å²) in [6, 6.07) is 0. The van der Waals surface area contributed by atoms with E-state index in [1.165, 1.54) is 0 Å². The summed E-state index contributed by atoms with van der Waals surface area (Å²) in [5.74, 6) is -4.64. The third kappa shape index (κ3) is 1.73. The predicted octanol–water partition coefficient (Wildman–Crippen LogP) is -0.950.